The fraction of sp³-hybridized carbons (Fsp3) is 0.333. The molecule has 0 aliphatic rings. The number of hydrogen-bond acceptors (Lipinski definition) is 4. The van der Waals surface area contributed by atoms with Gasteiger partial charge in [0.1, 0.15) is 5.82 Å². The molecule has 2 heterocycles. The van der Waals surface area contributed by atoms with Gasteiger partial charge in [-0.2, -0.15) is 0 Å². The van der Waals surface area contributed by atoms with Crippen molar-refractivity contribution in [3.63, 3.8) is 0 Å². The van der Waals surface area contributed by atoms with Gasteiger partial charge in [-0.3, -0.25) is 4.79 Å². The molecule has 0 aliphatic heterocycles. The lowest BCUT2D eigenvalue weighted by Gasteiger charge is -2.09. The highest BCUT2D eigenvalue weighted by molar-refractivity contribution is 7.12. The van der Waals surface area contributed by atoms with Crippen LogP contribution in [0.2, 0.25) is 0 Å². The van der Waals surface area contributed by atoms with Gasteiger partial charge in [0.2, 0.25) is 0 Å². The summed E-state index contributed by atoms with van der Waals surface area (Å²) in [5.41, 5.74) is 2.14. The molecule has 1 aromatic carbocycles. The van der Waals surface area contributed by atoms with Gasteiger partial charge in [-0.15, -0.1) is 11.3 Å². The molecule has 1 amide bonds. The highest BCUT2D eigenvalue weighted by Gasteiger charge is 2.10. The number of ether oxygens (including phenoxy) is 1. The molecule has 0 radical (unpaired) electrons. The van der Waals surface area contributed by atoms with Crippen molar-refractivity contribution in [3.05, 3.63) is 52.5 Å². The number of para-hydroxylation sites is 2. The number of aromatic nitrogens is 2. The minimum atomic E-state index is -0.00196. The molecule has 0 unspecified atom stereocenters. The third-order valence-corrected chi connectivity index (χ3v) is 4.73. The number of nitrogens with zero attached hydrogens (tertiary/aromatic N) is 2. The Hall–Kier alpha value is -2.18. The van der Waals surface area contributed by atoms with Crippen molar-refractivity contribution in [2.24, 2.45) is 0 Å². The lowest BCUT2D eigenvalue weighted by atomic mass is 10.3. The fourth-order valence-electron chi connectivity index (χ4n) is 2.69. The standard InChI is InChI=1S/C18H21N3O2S/c1-23-12-11-21-15-7-3-2-6-14(15)20-17(21)9-4-10-19-18(22)16-8-5-13-24-16/h2-3,5-8,13H,4,9-12H2,1H3,(H,19,22). The number of rotatable bonds is 8. The molecule has 5 nitrogen and oxygen atoms in total. The van der Waals surface area contributed by atoms with E-state index in [1.54, 1.807) is 7.11 Å². The summed E-state index contributed by atoms with van der Waals surface area (Å²) in [6.07, 6.45) is 1.68. The molecule has 3 rings (SSSR count). The Morgan fingerprint density at radius 1 is 1.29 bits per heavy atom. The normalized spacial score (nSPS) is 11.0. The van der Waals surface area contributed by atoms with Crippen LogP contribution in [0.1, 0.15) is 21.9 Å². The van der Waals surface area contributed by atoms with E-state index in [-0.39, 0.29) is 5.91 Å². The maximum atomic E-state index is 11.9. The molecule has 2 aromatic heterocycles. The van der Waals surface area contributed by atoms with Crippen molar-refractivity contribution in [1.29, 1.82) is 0 Å². The molecule has 24 heavy (non-hydrogen) atoms. The van der Waals surface area contributed by atoms with E-state index < -0.39 is 0 Å². The summed E-state index contributed by atoms with van der Waals surface area (Å²) in [4.78, 5) is 17.4. The van der Waals surface area contributed by atoms with E-state index in [1.807, 2.05) is 35.7 Å². The Balaban J connectivity index is 1.61. The number of thiophene rings is 1. The van der Waals surface area contributed by atoms with Crippen LogP contribution in [0, 0.1) is 0 Å². The molecule has 0 aliphatic carbocycles. The number of carbonyl (C=O) groups excluding carboxylic acids is 1. The van der Waals surface area contributed by atoms with Gasteiger partial charge < -0.3 is 14.6 Å². The number of fused-ring (bicyclic) bond motifs is 1. The molecule has 0 atom stereocenters. The van der Waals surface area contributed by atoms with Crippen molar-refractivity contribution in [2.75, 3.05) is 20.3 Å². The van der Waals surface area contributed by atoms with Crippen LogP contribution >= 0.6 is 11.3 Å². The molecule has 3 aromatic rings. The van der Waals surface area contributed by atoms with Gasteiger partial charge in [-0.05, 0) is 30.0 Å². The van der Waals surface area contributed by atoms with Crippen LogP contribution < -0.4 is 5.32 Å². The van der Waals surface area contributed by atoms with E-state index in [0.717, 1.165) is 41.1 Å². The van der Waals surface area contributed by atoms with Crippen LogP contribution in [0.4, 0.5) is 0 Å². The SMILES string of the molecule is COCCn1c(CCCNC(=O)c2cccs2)nc2ccccc21. The second-order valence-electron chi connectivity index (χ2n) is 5.50. The maximum Gasteiger partial charge on any atom is 0.261 e. The van der Waals surface area contributed by atoms with Gasteiger partial charge in [-0.25, -0.2) is 4.98 Å². The lowest BCUT2D eigenvalue weighted by molar-refractivity contribution is 0.0957. The van der Waals surface area contributed by atoms with Crippen molar-refractivity contribution < 1.29 is 9.53 Å². The monoisotopic (exact) mass is 343 g/mol. The predicted octanol–water partition coefficient (Wildman–Crippen LogP) is 3.11. The Morgan fingerprint density at radius 2 is 2.17 bits per heavy atom. The summed E-state index contributed by atoms with van der Waals surface area (Å²) in [7, 11) is 1.71. The minimum Gasteiger partial charge on any atom is -0.383 e. The topological polar surface area (TPSA) is 56.1 Å². The second-order valence-corrected chi connectivity index (χ2v) is 6.45. The molecule has 0 saturated heterocycles. The third-order valence-electron chi connectivity index (χ3n) is 3.86. The van der Waals surface area contributed by atoms with Crippen LogP contribution in [0.3, 0.4) is 0 Å². The Labute approximate surface area is 145 Å². The van der Waals surface area contributed by atoms with Crippen molar-refractivity contribution >= 4 is 28.3 Å². The van der Waals surface area contributed by atoms with E-state index in [1.165, 1.54) is 11.3 Å². The summed E-state index contributed by atoms with van der Waals surface area (Å²) < 4.78 is 7.42. The first-order chi connectivity index (χ1) is 11.8. The highest BCUT2D eigenvalue weighted by Crippen LogP contribution is 2.17. The highest BCUT2D eigenvalue weighted by atomic mass is 32.1. The summed E-state index contributed by atoms with van der Waals surface area (Å²) in [5, 5.41) is 4.87. The van der Waals surface area contributed by atoms with E-state index in [4.69, 9.17) is 9.72 Å². The first-order valence-corrected chi connectivity index (χ1v) is 8.92. The van der Waals surface area contributed by atoms with Crippen LogP contribution in [-0.4, -0.2) is 35.7 Å². The van der Waals surface area contributed by atoms with Gasteiger partial charge >= 0.3 is 0 Å². The molecule has 0 saturated carbocycles. The van der Waals surface area contributed by atoms with E-state index >= 15 is 0 Å². The van der Waals surface area contributed by atoms with Crippen molar-refractivity contribution in [3.8, 4) is 0 Å². The summed E-state index contributed by atoms with van der Waals surface area (Å²) in [5.74, 6) is 1.04. The number of benzene rings is 1. The maximum absolute atomic E-state index is 11.9. The van der Waals surface area contributed by atoms with E-state index in [9.17, 15) is 4.79 Å². The van der Waals surface area contributed by atoms with Crippen LogP contribution in [0.5, 0.6) is 0 Å². The lowest BCUT2D eigenvalue weighted by Crippen LogP contribution is -2.24. The average molecular weight is 343 g/mol. The van der Waals surface area contributed by atoms with Crippen LogP contribution in [-0.2, 0) is 17.7 Å². The fourth-order valence-corrected chi connectivity index (χ4v) is 3.33. The Morgan fingerprint density at radius 3 is 2.96 bits per heavy atom. The van der Waals surface area contributed by atoms with Gasteiger partial charge in [0.25, 0.3) is 5.91 Å². The van der Waals surface area contributed by atoms with Crippen molar-refractivity contribution in [2.45, 2.75) is 19.4 Å². The molecule has 126 valence electrons. The molecular formula is C18H21N3O2S. The number of carbonyl (C=O) groups is 1. The predicted molar refractivity (Wildman–Crippen MR) is 96.6 cm³/mol. The number of methoxy groups -OCH3 is 1. The van der Waals surface area contributed by atoms with E-state index in [0.29, 0.717) is 13.2 Å². The number of imidazole rings is 1. The zero-order valence-corrected chi connectivity index (χ0v) is 14.5. The number of aryl methyl sites for hydroxylation is 1. The van der Waals surface area contributed by atoms with Gasteiger partial charge in [0, 0.05) is 26.6 Å². The zero-order chi connectivity index (χ0) is 16.8. The zero-order valence-electron chi connectivity index (χ0n) is 13.7. The number of nitrogens with one attached hydrogen (secondary N) is 1. The Kier molecular flexibility index (Phi) is 5.61. The molecule has 0 bridgehead atoms. The first kappa shape index (κ1) is 16.7. The largest absolute Gasteiger partial charge is 0.383 e. The summed E-state index contributed by atoms with van der Waals surface area (Å²) in [6, 6.07) is 11.9. The Bertz CT molecular complexity index is 796. The van der Waals surface area contributed by atoms with Crippen molar-refractivity contribution in [1.82, 2.24) is 14.9 Å². The third kappa shape index (κ3) is 3.83. The average Bonchev–Trinajstić information content (AvgIpc) is 3.24. The first-order valence-electron chi connectivity index (χ1n) is 8.04. The smallest absolute Gasteiger partial charge is 0.261 e. The van der Waals surface area contributed by atoms with Gasteiger partial charge in [0.05, 0.1) is 22.5 Å². The molecular weight excluding hydrogens is 322 g/mol. The summed E-state index contributed by atoms with van der Waals surface area (Å²) >= 11 is 1.46. The van der Waals surface area contributed by atoms with Crippen LogP contribution in [0.25, 0.3) is 11.0 Å². The second kappa shape index (κ2) is 8.08. The molecule has 0 fully saturated rings. The van der Waals surface area contributed by atoms with Gasteiger partial charge in [-0.1, -0.05) is 18.2 Å². The quantitative estimate of drug-likeness (QED) is 0.640. The molecule has 1 N–H and O–H groups in total. The van der Waals surface area contributed by atoms with Crippen LogP contribution in [0.15, 0.2) is 41.8 Å². The number of amides is 1. The number of hydrogen-bond donors (Lipinski definition) is 1. The minimum absolute atomic E-state index is 0.00196. The van der Waals surface area contributed by atoms with Gasteiger partial charge in [0.15, 0.2) is 0 Å². The van der Waals surface area contributed by atoms with E-state index in [2.05, 4.69) is 16.0 Å². The summed E-state index contributed by atoms with van der Waals surface area (Å²) in [6.45, 7) is 2.08. The molecule has 6 heteroatoms. The molecule has 0 spiro atoms.